The van der Waals surface area contributed by atoms with E-state index in [1.165, 1.54) is 17.7 Å². The van der Waals surface area contributed by atoms with Crippen molar-refractivity contribution in [2.75, 3.05) is 20.6 Å². The predicted molar refractivity (Wildman–Crippen MR) is 122 cm³/mol. The number of benzene rings is 2. The summed E-state index contributed by atoms with van der Waals surface area (Å²) in [5.74, 6) is 0.574. The Hall–Kier alpha value is -2.35. The predicted octanol–water partition coefficient (Wildman–Crippen LogP) is 5.03. The molecule has 7 heteroatoms. The van der Waals surface area contributed by atoms with Gasteiger partial charge in [-0.15, -0.1) is 0 Å². The van der Waals surface area contributed by atoms with Crippen LogP contribution >= 0.6 is 12.2 Å². The van der Waals surface area contributed by atoms with Gasteiger partial charge in [0.1, 0.15) is 5.82 Å². The van der Waals surface area contributed by atoms with Crippen molar-refractivity contribution in [1.29, 1.82) is 0 Å². The number of hydrogen-bond donors (Lipinski definition) is 0. The summed E-state index contributed by atoms with van der Waals surface area (Å²) in [5.41, 5.74) is 2.08. The Morgan fingerprint density at radius 2 is 1.73 bits per heavy atom. The molecule has 0 bridgehead atoms. The van der Waals surface area contributed by atoms with Crippen molar-refractivity contribution in [3.05, 3.63) is 76.6 Å². The summed E-state index contributed by atoms with van der Waals surface area (Å²) in [6.07, 6.45) is 1.04. The lowest BCUT2D eigenvalue weighted by Gasteiger charge is -2.21. The molecule has 0 saturated carbocycles. The molecule has 3 rings (SSSR count). The molecule has 0 fully saturated rings. The quantitative estimate of drug-likeness (QED) is 0.448. The van der Waals surface area contributed by atoms with Crippen molar-refractivity contribution in [2.24, 2.45) is 0 Å². The summed E-state index contributed by atoms with van der Waals surface area (Å²) >= 11 is 5.83. The molecule has 160 valence electrons. The van der Waals surface area contributed by atoms with Crippen molar-refractivity contribution in [3.63, 3.8) is 0 Å². The highest BCUT2D eigenvalue weighted by atomic mass is 32.1. The summed E-state index contributed by atoms with van der Waals surface area (Å²) in [5, 5.41) is 4.89. The molecule has 0 radical (unpaired) electrons. The molecule has 3 aromatic rings. The molecule has 0 aliphatic carbocycles. The molecule has 0 saturated heterocycles. The van der Waals surface area contributed by atoms with E-state index < -0.39 is 0 Å². The molecular formula is C23H30FN5S. The van der Waals surface area contributed by atoms with E-state index >= 15 is 0 Å². The average Bonchev–Trinajstić information content (AvgIpc) is 3.05. The SMILES string of the molecule is CCCN(Cc1ccccc1)Cn1nc(C(C)N(C)C)n(-c2ccc(F)cc2)c1=S. The number of halogens is 1. The lowest BCUT2D eigenvalue weighted by Crippen LogP contribution is -2.28. The molecule has 0 aliphatic rings. The van der Waals surface area contributed by atoms with E-state index in [0.29, 0.717) is 11.4 Å². The van der Waals surface area contributed by atoms with Crippen molar-refractivity contribution in [1.82, 2.24) is 24.1 Å². The van der Waals surface area contributed by atoms with E-state index in [-0.39, 0.29) is 11.9 Å². The molecule has 0 amide bonds. The van der Waals surface area contributed by atoms with E-state index in [0.717, 1.165) is 31.0 Å². The highest BCUT2D eigenvalue weighted by Gasteiger charge is 2.21. The lowest BCUT2D eigenvalue weighted by molar-refractivity contribution is 0.195. The maximum atomic E-state index is 13.5. The van der Waals surface area contributed by atoms with Crippen LogP contribution in [-0.2, 0) is 13.2 Å². The largest absolute Gasteiger partial charge is 0.300 e. The van der Waals surface area contributed by atoms with E-state index in [4.69, 9.17) is 17.3 Å². The van der Waals surface area contributed by atoms with Gasteiger partial charge in [0.25, 0.3) is 0 Å². The van der Waals surface area contributed by atoms with Gasteiger partial charge in [-0.25, -0.2) is 9.07 Å². The monoisotopic (exact) mass is 427 g/mol. The average molecular weight is 428 g/mol. The zero-order valence-electron chi connectivity index (χ0n) is 18.1. The fourth-order valence-electron chi connectivity index (χ4n) is 3.40. The van der Waals surface area contributed by atoms with Crippen molar-refractivity contribution in [2.45, 2.75) is 39.5 Å². The molecule has 2 aromatic carbocycles. The van der Waals surface area contributed by atoms with Crippen LogP contribution in [0.2, 0.25) is 0 Å². The minimum atomic E-state index is -0.267. The van der Waals surface area contributed by atoms with Crippen molar-refractivity contribution in [3.8, 4) is 5.69 Å². The number of hydrogen-bond acceptors (Lipinski definition) is 4. The summed E-state index contributed by atoms with van der Waals surface area (Å²) in [7, 11) is 4.03. The standard InChI is InChI=1S/C23H30FN5S/c1-5-15-27(16-19-9-7-6-8-10-19)17-28-23(30)29(21-13-11-20(24)12-14-21)22(25-28)18(2)26(3)4/h6-14,18H,5,15-17H2,1-4H3. The highest BCUT2D eigenvalue weighted by molar-refractivity contribution is 7.71. The van der Waals surface area contributed by atoms with Crippen LogP contribution in [0.25, 0.3) is 5.69 Å². The summed E-state index contributed by atoms with van der Waals surface area (Å²) in [4.78, 5) is 4.44. The normalized spacial score (nSPS) is 12.6. The molecule has 1 unspecified atom stereocenters. The third kappa shape index (κ3) is 5.22. The third-order valence-corrected chi connectivity index (χ3v) is 5.61. The minimum Gasteiger partial charge on any atom is -0.300 e. The van der Waals surface area contributed by atoms with Crippen LogP contribution in [0.1, 0.15) is 37.7 Å². The van der Waals surface area contributed by atoms with E-state index in [2.05, 4.69) is 47.9 Å². The van der Waals surface area contributed by atoms with Gasteiger partial charge in [0.2, 0.25) is 4.77 Å². The van der Waals surface area contributed by atoms with Crippen molar-refractivity contribution < 1.29 is 4.39 Å². The van der Waals surface area contributed by atoms with Gasteiger partial charge < -0.3 is 0 Å². The molecule has 5 nitrogen and oxygen atoms in total. The molecule has 1 aromatic heterocycles. The van der Waals surface area contributed by atoms with E-state index in [1.807, 2.05) is 29.4 Å². The molecule has 1 heterocycles. The Morgan fingerprint density at radius 1 is 1.07 bits per heavy atom. The first kappa shape index (κ1) is 22.3. The second-order valence-electron chi connectivity index (χ2n) is 7.77. The van der Waals surface area contributed by atoms with Crippen LogP contribution in [-0.4, -0.2) is 44.8 Å². The summed E-state index contributed by atoms with van der Waals surface area (Å²) < 4.78 is 17.9. The Morgan fingerprint density at radius 3 is 2.33 bits per heavy atom. The summed E-state index contributed by atoms with van der Waals surface area (Å²) in [6, 6.07) is 16.9. The molecule has 1 atom stereocenters. The topological polar surface area (TPSA) is 29.2 Å². The first-order valence-corrected chi connectivity index (χ1v) is 10.7. The van der Waals surface area contributed by atoms with Gasteiger partial charge in [0.05, 0.1) is 12.7 Å². The van der Waals surface area contributed by atoms with Crippen molar-refractivity contribution >= 4 is 12.2 Å². The summed E-state index contributed by atoms with van der Waals surface area (Å²) in [6.45, 7) is 6.64. The van der Waals surface area contributed by atoms with Crippen LogP contribution in [0.5, 0.6) is 0 Å². The maximum Gasteiger partial charge on any atom is 0.203 e. The molecular weight excluding hydrogens is 397 g/mol. The second kappa shape index (κ2) is 10.1. The zero-order chi connectivity index (χ0) is 21.7. The number of nitrogens with zero attached hydrogens (tertiary/aromatic N) is 5. The minimum absolute atomic E-state index is 0.0479. The Kier molecular flexibility index (Phi) is 7.53. The van der Waals surface area contributed by atoms with Gasteiger partial charge in [-0.2, -0.15) is 5.10 Å². The first-order chi connectivity index (χ1) is 14.4. The molecule has 0 N–H and O–H groups in total. The maximum absolute atomic E-state index is 13.5. The highest BCUT2D eigenvalue weighted by Crippen LogP contribution is 2.22. The van der Waals surface area contributed by atoms with Gasteiger partial charge in [-0.3, -0.25) is 14.4 Å². The van der Waals surface area contributed by atoms with E-state index in [1.54, 1.807) is 12.1 Å². The lowest BCUT2D eigenvalue weighted by atomic mass is 10.2. The Labute approximate surface area is 183 Å². The van der Waals surface area contributed by atoms with Gasteiger partial charge in [0.15, 0.2) is 5.82 Å². The van der Waals surface area contributed by atoms with Crippen LogP contribution < -0.4 is 0 Å². The fraction of sp³-hybridized carbons (Fsp3) is 0.391. The molecule has 0 spiro atoms. The third-order valence-electron chi connectivity index (χ3n) is 5.22. The Bertz CT molecular complexity index is 995. The van der Waals surface area contributed by atoms with Crippen LogP contribution in [0.4, 0.5) is 4.39 Å². The van der Waals surface area contributed by atoms with Crippen LogP contribution in [0.3, 0.4) is 0 Å². The molecule has 30 heavy (non-hydrogen) atoms. The number of aromatic nitrogens is 3. The fourth-order valence-corrected chi connectivity index (χ4v) is 3.70. The second-order valence-corrected chi connectivity index (χ2v) is 8.14. The van der Waals surface area contributed by atoms with Crippen LogP contribution in [0.15, 0.2) is 54.6 Å². The van der Waals surface area contributed by atoms with Crippen LogP contribution in [0, 0.1) is 10.6 Å². The van der Waals surface area contributed by atoms with Gasteiger partial charge in [-0.1, -0.05) is 37.3 Å². The Balaban J connectivity index is 1.98. The zero-order valence-corrected chi connectivity index (χ0v) is 18.9. The number of rotatable bonds is 9. The smallest absolute Gasteiger partial charge is 0.203 e. The first-order valence-electron chi connectivity index (χ1n) is 10.3. The van der Waals surface area contributed by atoms with Gasteiger partial charge in [0, 0.05) is 12.2 Å². The van der Waals surface area contributed by atoms with Gasteiger partial charge >= 0.3 is 0 Å². The van der Waals surface area contributed by atoms with E-state index in [9.17, 15) is 4.39 Å². The van der Waals surface area contributed by atoms with Gasteiger partial charge in [-0.05, 0) is 76.0 Å². The molecule has 0 aliphatic heterocycles.